The number of imidazole rings is 1. The summed E-state index contributed by atoms with van der Waals surface area (Å²) in [6, 6.07) is 5.61. The highest BCUT2D eigenvalue weighted by molar-refractivity contribution is 5.95. The molecule has 1 aliphatic heterocycles. The maximum atomic E-state index is 13.0. The van der Waals surface area contributed by atoms with Gasteiger partial charge < -0.3 is 24.7 Å². The van der Waals surface area contributed by atoms with Crippen LogP contribution < -0.4 is 26.6 Å². The predicted octanol–water partition coefficient (Wildman–Crippen LogP) is 0.314. The molecule has 0 radical (unpaired) electrons. The number of carbonyl (C=O) groups is 2. The molecule has 0 saturated heterocycles. The molecule has 2 amide bonds. The second-order valence-electron chi connectivity index (χ2n) is 7.67. The Morgan fingerprint density at radius 3 is 2.47 bits per heavy atom. The first-order valence-electron chi connectivity index (χ1n) is 10.5. The summed E-state index contributed by atoms with van der Waals surface area (Å²) >= 11 is 0. The van der Waals surface area contributed by atoms with E-state index in [1.165, 1.54) is 29.6 Å². The highest BCUT2D eigenvalue weighted by atomic mass is 16.5. The lowest BCUT2D eigenvalue weighted by atomic mass is 9.95. The number of rotatable bonds is 6. The molecule has 1 aliphatic rings. The molecular weight excluding hydrogens is 444 g/mol. The van der Waals surface area contributed by atoms with Gasteiger partial charge in [-0.05, 0) is 24.6 Å². The monoisotopic (exact) mass is 468 g/mol. The van der Waals surface area contributed by atoms with E-state index in [2.05, 4.69) is 15.6 Å². The van der Waals surface area contributed by atoms with Crippen LogP contribution in [0.4, 0.5) is 4.79 Å². The van der Waals surface area contributed by atoms with Crippen molar-refractivity contribution in [1.82, 2.24) is 29.3 Å². The van der Waals surface area contributed by atoms with Crippen molar-refractivity contribution >= 4 is 23.2 Å². The standard InChI is InChI=1S/C22H24N6O6/c1-5-34-20(30)15-14(24-21(31)25-16(15)12-6-8-13(33-4)9-7-12)10-28-11-23-18-17(28)19(29)27(3)22(32)26(18)2/h6-9,11,16H,5,10H2,1-4H3,(H2,24,25,31)/t16-/m1/s1. The number of amides is 2. The maximum absolute atomic E-state index is 13.0. The molecular formula is C22H24N6O6. The zero-order valence-corrected chi connectivity index (χ0v) is 19.1. The van der Waals surface area contributed by atoms with E-state index in [0.717, 1.165) is 4.57 Å². The molecule has 3 aromatic rings. The Labute approximate surface area is 193 Å². The molecule has 2 N–H and O–H groups in total. The highest BCUT2D eigenvalue weighted by Crippen LogP contribution is 2.30. The zero-order chi connectivity index (χ0) is 24.6. The van der Waals surface area contributed by atoms with Gasteiger partial charge in [0.1, 0.15) is 5.75 Å². The smallest absolute Gasteiger partial charge is 0.338 e. The molecule has 0 fully saturated rings. The van der Waals surface area contributed by atoms with E-state index in [4.69, 9.17) is 9.47 Å². The Hall–Kier alpha value is -4.35. The first kappa shape index (κ1) is 22.8. The Bertz CT molecular complexity index is 1430. The Morgan fingerprint density at radius 1 is 1.12 bits per heavy atom. The van der Waals surface area contributed by atoms with Crippen LogP contribution in [0, 0.1) is 0 Å². The molecule has 0 saturated carbocycles. The summed E-state index contributed by atoms with van der Waals surface area (Å²) < 4.78 is 14.2. The van der Waals surface area contributed by atoms with Crippen LogP contribution in [0.2, 0.25) is 0 Å². The first-order valence-corrected chi connectivity index (χ1v) is 10.5. The summed E-state index contributed by atoms with van der Waals surface area (Å²) in [4.78, 5) is 54.8. The molecule has 1 aromatic carbocycles. The van der Waals surface area contributed by atoms with Gasteiger partial charge in [-0.15, -0.1) is 0 Å². The van der Waals surface area contributed by atoms with Gasteiger partial charge in [0.2, 0.25) is 0 Å². The first-order chi connectivity index (χ1) is 16.3. The fourth-order valence-electron chi connectivity index (χ4n) is 3.93. The lowest BCUT2D eigenvalue weighted by Crippen LogP contribution is -2.47. The fraction of sp³-hybridized carbons (Fsp3) is 0.318. The number of hydrogen-bond acceptors (Lipinski definition) is 7. The number of carbonyl (C=O) groups excluding carboxylic acids is 2. The van der Waals surface area contributed by atoms with E-state index in [1.54, 1.807) is 38.3 Å². The quantitative estimate of drug-likeness (QED) is 0.497. The molecule has 1 atom stereocenters. The zero-order valence-electron chi connectivity index (χ0n) is 19.1. The minimum Gasteiger partial charge on any atom is -0.497 e. The molecule has 34 heavy (non-hydrogen) atoms. The average molecular weight is 468 g/mol. The van der Waals surface area contributed by atoms with Crippen molar-refractivity contribution < 1.29 is 19.1 Å². The molecule has 0 bridgehead atoms. The largest absolute Gasteiger partial charge is 0.497 e. The molecule has 0 unspecified atom stereocenters. The predicted molar refractivity (Wildman–Crippen MR) is 121 cm³/mol. The summed E-state index contributed by atoms with van der Waals surface area (Å²) in [6.07, 6.45) is 1.39. The van der Waals surface area contributed by atoms with E-state index in [9.17, 15) is 19.2 Å². The van der Waals surface area contributed by atoms with Gasteiger partial charge in [-0.3, -0.25) is 13.9 Å². The summed E-state index contributed by atoms with van der Waals surface area (Å²) in [6.45, 7) is 1.76. The van der Waals surface area contributed by atoms with Crippen molar-refractivity contribution in [1.29, 1.82) is 0 Å². The third-order valence-electron chi connectivity index (χ3n) is 5.64. The lowest BCUT2D eigenvalue weighted by molar-refractivity contribution is -0.139. The van der Waals surface area contributed by atoms with Crippen LogP contribution >= 0.6 is 0 Å². The number of benzene rings is 1. The van der Waals surface area contributed by atoms with Gasteiger partial charge in [0, 0.05) is 14.1 Å². The number of ether oxygens (including phenoxy) is 2. The lowest BCUT2D eigenvalue weighted by Gasteiger charge is -2.29. The van der Waals surface area contributed by atoms with Crippen LogP contribution in [-0.4, -0.2) is 44.4 Å². The Kier molecular flexibility index (Phi) is 5.97. The molecule has 12 heteroatoms. The minimum absolute atomic E-state index is 0.0574. The van der Waals surface area contributed by atoms with Crippen LogP contribution in [0.3, 0.4) is 0 Å². The van der Waals surface area contributed by atoms with Crippen molar-refractivity contribution in [3.63, 3.8) is 0 Å². The Balaban J connectivity index is 1.87. The molecule has 0 spiro atoms. The highest BCUT2D eigenvalue weighted by Gasteiger charge is 2.34. The van der Waals surface area contributed by atoms with Gasteiger partial charge in [0.05, 0.1) is 43.9 Å². The number of hydrogen-bond donors (Lipinski definition) is 2. The van der Waals surface area contributed by atoms with Crippen molar-refractivity contribution in [2.24, 2.45) is 14.1 Å². The third kappa shape index (κ3) is 3.83. The number of esters is 1. The van der Waals surface area contributed by atoms with Gasteiger partial charge in [-0.25, -0.2) is 19.4 Å². The topological polar surface area (TPSA) is 138 Å². The van der Waals surface area contributed by atoms with E-state index in [1.807, 2.05) is 0 Å². The molecule has 178 valence electrons. The maximum Gasteiger partial charge on any atom is 0.338 e. The summed E-state index contributed by atoms with van der Waals surface area (Å²) in [5, 5.41) is 5.43. The summed E-state index contributed by atoms with van der Waals surface area (Å²) in [7, 11) is 4.42. The summed E-state index contributed by atoms with van der Waals surface area (Å²) in [5.74, 6) is 0.00721. The van der Waals surface area contributed by atoms with Crippen molar-refractivity contribution in [3.05, 3.63) is 68.3 Å². The fourth-order valence-corrected chi connectivity index (χ4v) is 3.93. The molecule has 0 aliphatic carbocycles. The van der Waals surface area contributed by atoms with Crippen LogP contribution in [0.1, 0.15) is 18.5 Å². The third-order valence-corrected chi connectivity index (χ3v) is 5.64. The molecule has 12 nitrogen and oxygen atoms in total. The summed E-state index contributed by atoms with van der Waals surface area (Å²) in [5.41, 5.74) is 0.385. The van der Waals surface area contributed by atoms with E-state index in [0.29, 0.717) is 11.3 Å². The second-order valence-corrected chi connectivity index (χ2v) is 7.67. The number of fused-ring (bicyclic) bond motifs is 1. The minimum atomic E-state index is -0.796. The van der Waals surface area contributed by atoms with Gasteiger partial charge >= 0.3 is 17.7 Å². The van der Waals surface area contributed by atoms with E-state index < -0.39 is 29.3 Å². The van der Waals surface area contributed by atoms with Crippen LogP contribution in [0.5, 0.6) is 5.75 Å². The Morgan fingerprint density at radius 2 is 1.82 bits per heavy atom. The normalized spacial score (nSPS) is 15.8. The van der Waals surface area contributed by atoms with Crippen LogP contribution in [0.25, 0.3) is 11.2 Å². The van der Waals surface area contributed by atoms with Gasteiger partial charge in [-0.2, -0.15) is 0 Å². The average Bonchev–Trinajstić information content (AvgIpc) is 3.24. The molecule has 3 heterocycles. The second kappa shape index (κ2) is 8.89. The van der Waals surface area contributed by atoms with Gasteiger partial charge in [0.15, 0.2) is 11.2 Å². The van der Waals surface area contributed by atoms with Crippen molar-refractivity contribution in [3.8, 4) is 5.75 Å². The SMILES string of the molecule is CCOC(=O)C1=C(Cn2cnc3c2c(=O)n(C)c(=O)n3C)NC(=O)N[C@@H]1c1ccc(OC)cc1. The number of nitrogens with zero attached hydrogens (tertiary/aromatic N) is 4. The van der Waals surface area contributed by atoms with Crippen LogP contribution in [0.15, 0.2) is 51.5 Å². The number of allylic oxidation sites excluding steroid dienone is 1. The van der Waals surface area contributed by atoms with Crippen molar-refractivity contribution in [2.45, 2.75) is 19.5 Å². The van der Waals surface area contributed by atoms with Crippen LogP contribution in [-0.2, 0) is 30.2 Å². The van der Waals surface area contributed by atoms with E-state index in [-0.39, 0.29) is 35.6 Å². The number of nitrogens with one attached hydrogen (secondary N) is 2. The number of aryl methyl sites for hydroxylation is 1. The van der Waals surface area contributed by atoms with Gasteiger partial charge in [0.25, 0.3) is 5.56 Å². The number of methoxy groups -OCH3 is 1. The van der Waals surface area contributed by atoms with Crippen molar-refractivity contribution in [2.75, 3.05) is 13.7 Å². The molecule has 2 aromatic heterocycles. The number of urea groups is 1. The van der Waals surface area contributed by atoms with Gasteiger partial charge in [-0.1, -0.05) is 12.1 Å². The van der Waals surface area contributed by atoms with E-state index >= 15 is 0 Å². The number of aromatic nitrogens is 4. The molecule has 4 rings (SSSR count).